The van der Waals surface area contributed by atoms with Crippen LogP contribution in [0.1, 0.15) is 52.0 Å². The third-order valence-electron chi connectivity index (χ3n) is 4.46. The minimum atomic E-state index is -0.539. The molecule has 6 nitrogen and oxygen atoms in total. The summed E-state index contributed by atoms with van der Waals surface area (Å²) in [4.78, 5) is 34.0. The van der Waals surface area contributed by atoms with Crippen LogP contribution in [0.3, 0.4) is 0 Å². The first-order valence-electron chi connectivity index (χ1n) is 8.56. The minimum absolute atomic E-state index is 0.0138. The summed E-state index contributed by atoms with van der Waals surface area (Å²) >= 11 is 0. The topological polar surface area (TPSA) is 86.5 Å². The van der Waals surface area contributed by atoms with E-state index in [2.05, 4.69) is 20.8 Å². The molecule has 1 aromatic carbocycles. The molecule has 6 heteroatoms. The molecule has 0 aliphatic heterocycles. The lowest BCUT2D eigenvalue weighted by atomic mass is 9.66. The van der Waals surface area contributed by atoms with Gasteiger partial charge in [-0.3, -0.25) is 19.7 Å². The number of carbonyl (C=O) groups is 2. The number of benzene rings is 1. The first-order chi connectivity index (χ1) is 11.6. The molecule has 1 fully saturated rings. The monoisotopic (exact) mass is 347 g/mol. The van der Waals surface area contributed by atoms with Crippen LogP contribution in [0.5, 0.6) is 0 Å². The number of non-ortho nitro benzene ring substituents is 1. The quantitative estimate of drug-likeness (QED) is 0.321. The molecule has 1 saturated carbocycles. The van der Waals surface area contributed by atoms with Crippen molar-refractivity contribution in [2.75, 3.05) is 0 Å². The van der Waals surface area contributed by atoms with E-state index in [1.807, 2.05) is 0 Å². The van der Waals surface area contributed by atoms with E-state index in [0.717, 1.165) is 19.3 Å². The third-order valence-corrected chi connectivity index (χ3v) is 4.46. The zero-order valence-electron chi connectivity index (χ0n) is 15.0. The molecule has 0 saturated heterocycles. The van der Waals surface area contributed by atoms with Crippen molar-refractivity contribution in [3.8, 4) is 0 Å². The van der Waals surface area contributed by atoms with Crippen LogP contribution in [0, 0.1) is 27.4 Å². The van der Waals surface area contributed by atoms with Gasteiger partial charge in [0.15, 0.2) is 0 Å². The number of nitro benzene ring substituents is 1. The highest BCUT2D eigenvalue weighted by atomic mass is 16.6. The van der Waals surface area contributed by atoms with Gasteiger partial charge in [0.1, 0.15) is 18.8 Å². The number of nitrogens with zero attached hydrogens (tertiary/aromatic N) is 1. The lowest BCUT2D eigenvalue weighted by Gasteiger charge is -2.38. The molecule has 0 atom stereocenters. The van der Waals surface area contributed by atoms with Crippen molar-refractivity contribution in [1.29, 1.82) is 0 Å². The number of esters is 1. The lowest BCUT2D eigenvalue weighted by molar-refractivity contribution is -0.384. The number of hydrogen-bond acceptors (Lipinski definition) is 5. The Bertz CT molecular complexity index is 639. The van der Waals surface area contributed by atoms with Crippen molar-refractivity contribution in [3.05, 3.63) is 39.9 Å². The number of ether oxygens (including phenoxy) is 1. The number of ketones is 1. The van der Waals surface area contributed by atoms with E-state index in [4.69, 9.17) is 4.74 Å². The first-order valence-corrected chi connectivity index (χ1v) is 8.56. The average Bonchev–Trinajstić information content (AvgIpc) is 2.47. The first kappa shape index (κ1) is 19.1. The van der Waals surface area contributed by atoms with E-state index in [9.17, 15) is 19.7 Å². The summed E-state index contributed by atoms with van der Waals surface area (Å²) in [6.45, 7) is 6.59. The maximum atomic E-state index is 12.1. The van der Waals surface area contributed by atoms with Gasteiger partial charge in [0.25, 0.3) is 5.69 Å². The second kappa shape index (κ2) is 7.76. The summed E-state index contributed by atoms with van der Waals surface area (Å²) in [5, 5.41) is 10.6. The standard InChI is InChI=1S/C19H25NO5/c1-19(2,3)11-14-8-15(9-14)17(21)10-18(22)25-12-13-4-6-16(7-5-13)20(23)24/h4-7,14-15H,8-12H2,1-3H3. The van der Waals surface area contributed by atoms with Gasteiger partial charge < -0.3 is 4.74 Å². The van der Waals surface area contributed by atoms with Gasteiger partial charge in [-0.15, -0.1) is 0 Å². The molecular formula is C19H25NO5. The summed E-state index contributed by atoms with van der Waals surface area (Å²) in [6.07, 6.45) is 2.64. The maximum Gasteiger partial charge on any atom is 0.313 e. The highest BCUT2D eigenvalue weighted by Gasteiger charge is 2.36. The van der Waals surface area contributed by atoms with Gasteiger partial charge in [0, 0.05) is 18.1 Å². The SMILES string of the molecule is CC(C)(C)CC1CC(C(=O)CC(=O)OCc2ccc([N+](=O)[O-])cc2)C1. The van der Waals surface area contributed by atoms with Crippen LogP contribution in [0.15, 0.2) is 24.3 Å². The van der Waals surface area contributed by atoms with Crippen LogP contribution in [-0.4, -0.2) is 16.7 Å². The van der Waals surface area contributed by atoms with Gasteiger partial charge in [-0.2, -0.15) is 0 Å². The van der Waals surface area contributed by atoms with Crippen molar-refractivity contribution in [2.45, 2.75) is 53.1 Å². The van der Waals surface area contributed by atoms with Gasteiger partial charge >= 0.3 is 5.97 Å². The van der Waals surface area contributed by atoms with Crippen molar-refractivity contribution >= 4 is 17.4 Å². The summed E-state index contributed by atoms with van der Waals surface area (Å²) in [6, 6.07) is 5.79. The highest BCUT2D eigenvalue weighted by Crippen LogP contribution is 2.42. The predicted molar refractivity (Wildman–Crippen MR) is 92.8 cm³/mol. The summed E-state index contributed by atoms with van der Waals surface area (Å²) < 4.78 is 5.10. The van der Waals surface area contributed by atoms with E-state index in [1.165, 1.54) is 24.3 Å². The number of nitro groups is 1. The molecule has 0 heterocycles. The molecule has 0 N–H and O–H groups in total. The van der Waals surface area contributed by atoms with Gasteiger partial charge in [-0.1, -0.05) is 20.8 Å². The van der Waals surface area contributed by atoms with Gasteiger partial charge in [-0.05, 0) is 48.3 Å². The van der Waals surface area contributed by atoms with Crippen molar-refractivity contribution < 1.29 is 19.2 Å². The van der Waals surface area contributed by atoms with Gasteiger partial charge in [0.05, 0.1) is 4.92 Å². The Morgan fingerprint density at radius 3 is 2.32 bits per heavy atom. The number of hydrogen-bond donors (Lipinski definition) is 0. The zero-order valence-corrected chi connectivity index (χ0v) is 15.0. The third kappa shape index (κ3) is 5.96. The van der Waals surface area contributed by atoms with Crippen LogP contribution >= 0.6 is 0 Å². The Labute approximate surface area is 147 Å². The maximum absolute atomic E-state index is 12.1. The smallest absolute Gasteiger partial charge is 0.313 e. The van der Waals surface area contributed by atoms with Crippen LogP contribution in [-0.2, 0) is 20.9 Å². The number of carbonyl (C=O) groups excluding carboxylic acids is 2. The molecule has 0 spiro atoms. The number of Topliss-reactive ketones (excluding diaryl/α,β-unsaturated/α-hetero) is 1. The van der Waals surface area contributed by atoms with Crippen LogP contribution in [0.4, 0.5) is 5.69 Å². The normalized spacial score (nSPS) is 19.8. The van der Waals surface area contributed by atoms with Crippen LogP contribution in [0.25, 0.3) is 0 Å². The second-order valence-corrected chi connectivity index (χ2v) is 8.03. The molecule has 1 aliphatic rings. The van der Waals surface area contributed by atoms with E-state index < -0.39 is 10.9 Å². The van der Waals surface area contributed by atoms with Crippen molar-refractivity contribution in [3.63, 3.8) is 0 Å². The predicted octanol–water partition coefficient (Wildman–Crippen LogP) is 4.06. The van der Waals surface area contributed by atoms with Crippen LogP contribution < -0.4 is 0 Å². The summed E-state index contributed by atoms with van der Waals surface area (Å²) in [5.74, 6) is -0.0224. The average molecular weight is 347 g/mol. The Hall–Kier alpha value is -2.24. The molecule has 0 amide bonds. The fraction of sp³-hybridized carbons (Fsp3) is 0.579. The summed E-state index contributed by atoms with van der Waals surface area (Å²) in [7, 11) is 0. The Morgan fingerprint density at radius 1 is 1.20 bits per heavy atom. The van der Waals surface area contributed by atoms with Crippen LogP contribution in [0.2, 0.25) is 0 Å². The van der Waals surface area contributed by atoms with Crippen molar-refractivity contribution in [1.82, 2.24) is 0 Å². The fourth-order valence-corrected chi connectivity index (χ4v) is 3.25. The van der Waals surface area contributed by atoms with E-state index in [1.54, 1.807) is 0 Å². The Morgan fingerprint density at radius 2 is 1.80 bits per heavy atom. The Balaban J connectivity index is 1.70. The van der Waals surface area contributed by atoms with E-state index in [-0.39, 0.29) is 35.8 Å². The zero-order chi connectivity index (χ0) is 18.6. The molecule has 25 heavy (non-hydrogen) atoms. The molecule has 0 unspecified atom stereocenters. The van der Waals surface area contributed by atoms with Gasteiger partial charge in [-0.25, -0.2) is 0 Å². The molecule has 0 bridgehead atoms. The molecule has 2 rings (SSSR count). The minimum Gasteiger partial charge on any atom is -0.460 e. The van der Waals surface area contributed by atoms with Crippen molar-refractivity contribution in [2.24, 2.45) is 17.3 Å². The molecule has 1 aromatic rings. The van der Waals surface area contributed by atoms with Gasteiger partial charge in [0.2, 0.25) is 0 Å². The largest absolute Gasteiger partial charge is 0.460 e. The number of rotatable bonds is 7. The molecular weight excluding hydrogens is 322 g/mol. The Kier molecular flexibility index (Phi) is 5.93. The molecule has 0 radical (unpaired) electrons. The van der Waals surface area contributed by atoms with E-state index in [0.29, 0.717) is 11.5 Å². The van der Waals surface area contributed by atoms with E-state index >= 15 is 0 Å². The molecule has 0 aromatic heterocycles. The highest BCUT2D eigenvalue weighted by molar-refractivity contribution is 5.97. The fourth-order valence-electron chi connectivity index (χ4n) is 3.25. The molecule has 136 valence electrons. The molecule has 1 aliphatic carbocycles. The second-order valence-electron chi connectivity index (χ2n) is 8.03. The lowest BCUT2D eigenvalue weighted by Crippen LogP contribution is -2.34. The summed E-state index contributed by atoms with van der Waals surface area (Å²) in [5.41, 5.74) is 0.905.